The summed E-state index contributed by atoms with van der Waals surface area (Å²) in [7, 11) is 0. The summed E-state index contributed by atoms with van der Waals surface area (Å²) in [4.78, 5) is 20.5. The summed E-state index contributed by atoms with van der Waals surface area (Å²) in [6, 6.07) is 14.1. The lowest BCUT2D eigenvalue weighted by Gasteiger charge is -2.08. The summed E-state index contributed by atoms with van der Waals surface area (Å²) in [6.45, 7) is 0. The maximum absolute atomic E-state index is 13.2. The van der Waals surface area contributed by atoms with E-state index >= 15 is 0 Å². The molecule has 128 valence electrons. The van der Waals surface area contributed by atoms with Crippen LogP contribution in [0.5, 0.6) is 0 Å². The molecule has 3 aromatic rings. The minimum Gasteiger partial charge on any atom is -0.324 e. The van der Waals surface area contributed by atoms with Crippen LogP contribution in [-0.2, 0) is 0 Å². The lowest BCUT2D eigenvalue weighted by atomic mass is 10.2. The zero-order valence-corrected chi connectivity index (χ0v) is 14.0. The summed E-state index contributed by atoms with van der Waals surface area (Å²) in [5, 5.41) is 14.3. The number of hydrogen-bond donors (Lipinski definition) is 2. The van der Waals surface area contributed by atoms with E-state index in [4.69, 9.17) is 16.9 Å². The van der Waals surface area contributed by atoms with Crippen molar-refractivity contribution in [3.05, 3.63) is 76.8 Å². The summed E-state index contributed by atoms with van der Waals surface area (Å²) >= 11 is 5.70. The van der Waals surface area contributed by atoms with Crippen LogP contribution < -0.4 is 10.6 Å². The quantitative estimate of drug-likeness (QED) is 0.723. The van der Waals surface area contributed by atoms with E-state index in [1.165, 1.54) is 24.4 Å². The van der Waals surface area contributed by atoms with Crippen LogP contribution in [0, 0.1) is 17.1 Å². The van der Waals surface area contributed by atoms with Gasteiger partial charge in [-0.2, -0.15) is 5.26 Å². The third-order valence-corrected chi connectivity index (χ3v) is 3.60. The third kappa shape index (κ3) is 4.12. The van der Waals surface area contributed by atoms with Crippen molar-refractivity contribution in [3.8, 4) is 6.07 Å². The van der Waals surface area contributed by atoms with Gasteiger partial charge in [-0.25, -0.2) is 14.4 Å². The molecule has 0 spiro atoms. The molecule has 0 saturated heterocycles. The fraction of sp³-hybridized carbons (Fsp3) is 0. The molecule has 0 aliphatic rings. The van der Waals surface area contributed by atoms with E-state index in [1.807, 2.05) is 6.07 Å². The molecule has 1 amide bonds. The minimum atomic E-state index is -0.571. The van der Waals surface area contributed by atoms with Crippen LogP contribution >= 0.6 is 11.6 Å². The van der Waals surface area contributed by atoms with Gasteiger partial charge in [0.25, 0.3) is 5.91 Å². The second-order valence-electron chi connectivity index (χ2n) is 5.17. The van der Waals surface area contributed by atoms with Crippen LogP contribution in [0.15, 0.2) is 54.7 Å². The molecule has 3 rings (SSSR count). The summed E-state index contributed by atoms with van der Waals surface area (Å²) in [5.41, 5.74) is 1.56. The highest BCUT2D eigenvalue weighted by Gasteiger charge is 2.11. The summed E-state index contributed by atoms with van der Waals surface area (Å²) in [6.07, 6.45) is 1.43. The Kier molecular flexibility index (Phi) is 5.06. The zero-order valence-electron chi connectivity index (χ0n) is 13.2. The fourth-order valence-corrected chi connectivity index (χ4v) is 2.29. The molecule has 0 aliphatic heterocycles. The second-order valence-corrected chi connectivity index (χ2v) is 5.57. The number of hydrogen-bond acceptors (Lipinski definition) is 5. The Balaban J connectivity index is 1.76. The first-order valence-electron chi connectivity index (χ1n) is 7.42. The van der Waals surface area contributed by atoms with Gasteiger partial charge in [-0.1, -0.05) is 17.7 Å². The molecule has 0 saturated carbocycles. The number of aromatic nitrogens is 2. The number of amides is 1. The predicted molar refractivity (Wildman–Crippen MR) is 95.8 cm³/mol. The number of nitrogens with one attached hydrogen (secondary N) is 2. The molecular weight excluding hydrogens is 357 g/mol. The van der Waals surface area contributed by atoms with Gasteiger partial charge in [0.05, 0.1) is 16.7 Å². The Morgan fingerprint density at radius 2 is 2.00 bits per heavy atom. The SMILES string of the molecule is N#Cc1cccc(Nc2nccc(C(=O)Nc3ccc(F)c(Cl)c3)n2)c1. The van der Waals surface area contributed by atoms with Crippen LogP contribution in [0.2, 0.25) is 5.02 Å². The molecule has 26 heavy (non-hydrogen) atoms. The number of benzene rings is 2. The summed E-state index contributed by atoms with van der Waals surface area (Å²) in [5.74, 6) is -0.869. The molecule has 0 atom stereocenters. The van der Waals surface area contributed by atoms with Crippen molar-refractivity contribution >= 4 is 34.8 Å². The van der Waals surface area contributed by atoms with E-state index in [1.54, 1.807) is 24.3 Å². The van der Waals surface area contributed by atoms with Gasteiger partial charge in [0.2, 0.25) is 5.95 Å². The van der Waals surface area contributed by atoms with Gasteiger partial charge < -0.3 is 10.6 Å². The van der Waals surface area contributed by atoms with Gasteiger partial charge in [0.15, 0.2) is 0 Å². The second kappa shape index (κ2) is 7.59. The van der Waals surface area contributed by atoms with E-state index in [9.17, 15) is 9.18 Å². The first kappa shape index (κ1) is 17.3. The number of carbonyl (C=O) groups excluding carboxylic acids is 1. The van der Waals surface area contributed by atoms with Crippen molar-refractivity contribution in [2.75, 3.05) is 10.6 Å². The van der Waals surface area contributed by atoms with Gasteiger partial charge in [-0.05, 0) is 42.5 Å². The van der Waals surface area contributed by atoms with Gasteiger partial charge in [-0.15, -0.1) is 0 Å². The molecule has 6 nitrogen and oxygen atoms in total. The molecule has 1 heterocycles. The van der Waals surface area contributed by atoms with Gasteiger partial charge >= 0.3 is 0 Å². The number of nitrogens with zero attached hydrogens (tertiary/aromatic N) is 3. The fourth-order valence-electron chi connectivity index (χ4n) is 2.11. The highest BCUT2D eigenvalue weighted by molar-refractivity contribution is 6.31. The van der Waals surface area contributed by atoms with Crippen molar-refractivity contribution in [1.29, 1.82) is 5.26 Å². The molecule has 1 aromatic heterocycles. The lowest BCUT2D eigenvalue weighted by molar-refractivity contribution is 0.102. The molecule has 0 unspecified atom stereocenters. The smallest absolute Gasteiger partial charge is 0.274 e. The maximum Gasteiger partial charge on any atom is 0.274 e. The van der Waals surface area contributed by atoms with Gasteiger partial charge in [0.1, 0.15) is 11.5 Å². The Morgan fingerprint density at radius 1 is 1.15 bits per heavy atom. The molecule has 0 radical (unpaired) electrons. The third-order valence-electron chi connectivity index (χ3n) is 3.31. The molecule has 0 bridgehead atoms. The van der Waals surface area contributed by atoms with Crippen LogP contribution in [-0.4, -0.2) is 15.9 Å². The van der Waals surface area contributed by atoms with Crippen LogP contribution in [0.25, 0.3) is 0 Å². The van der Waals surface area contributed by atoms with Crippen molar-refractivity contribution in [2.24, 2.45) is 0 Å². The number of halogens is 2. The van der Waals surface area contributed by atoms with Crippen molar-refractivity contribution < 1.29 is 9.18 Å². The van der Waals surface area contributed by atoms with E-state index < -0.39 is 11.7 Å². The Morgan fingerprint density at radius 3 is 2.77 bits per heavy atom. The number of anilines is 3. The highest BCUT2D eigenvalue weighted by Crippen LogP contribution is 2.20. The predicted octanol–water partition coefficient (Wildman–Crippen LogP) is 4.14. The maximum atomic E-state index is 13.2. The van der Waals surface area contributed by atoms with E-state index in [-0.39, 0.29) is 16.7 Å². The minimum absolute atomic E-state index is 0.0924. The monoisotopic (exact) mass is 367 g/mol. The first-order chi connectivity index (χ1) is 12.5. The largest absolute Gasteiger partial charge is 0.324 e. The number of nitriles is 1. The molecule has 8 heteroatoms. The summed E-state index contributed by atoms with van der Waals surface area (Å²) < 4.78 is 13.2. The van der Waals surface area contributed by atoms with Crippen LogP contribution in [0.4, 0.5) is 21.7 Å². The number of rotatable bonds is 4. The molecular formula is C18H11ClFN5O. The average Bonchev–Trinajstić information content (AvgIpc) is 2.65. The average molecular weight is 368 g/mol. The van der Waals surface area contributed by atoms with Crippen LogP contribution in [0.3, 0.4) is 0 Å². The van der Waals surface area contributed by atoms with Crippen LogP contribution in [0.1, 0.15) is 16.1 Å². The molecule has 2 N–H and O–H groups in total. The molecule has 2 aromatic carbocycles. The van der Waals surface area contributed by atoms with Gasteiger partial charge in [0, 0.05) is 17.6 Å². The first-order valence-corrected chi connectivity index (χ1v) is 7.79. The van der Waals surface area contributed by atoms with E-state index in [0.29, 0.717) is 16.9 Å². The molecule has 0 aliphatic carbocycles. The lowest BCUT2D eigenvalue weighted by Crippen LogP contribution is -2.14. The normalized spacial score (nSPS) is 10.0. The molecule has 0 fully saturated rings. The Hall–Kier alpha value is -3.50. The van der Waals surface area contributed by atoms with Crippen molar-refractivity contribution in [1.82, 2.24) is 9.97 Å². The highest BCUT2D eigenvalue weighted by atomic mass is 35.5. The Bertz CT molecular complexity index is 1020. The standard InChI is InChI=1S/C18H11ClFN5O/c19-14-9-13(4-5-15(14)20)23-17(26)16-6-7-22-18(25-16)24-12-3-1-2-11(8-12)10-21/h1-9H,(H,23,26)(H,22,24,25). The van der Waals surface area contributed by atoms with E-state index in [2.05, 4.69) is 20.6 Å². The van der Waals surface area contributed by atoms with Gasteiger partial charge in [-0.3, -0.25) is 4.79 Å². The number of carbonyl (C=O) groups is 1. The van der Waals surface area contributed by atoms with E-state index in [0.717, 1.165) is 6.07 Å². The topological polar surface area (TPSA) is 90.7 Å². The Labute approximate surface area is 153 Å². The van der Waals surface area contributed by atoms with Crippen molar-refractivity contribution in [3.63, 3.8) is 0 Å². The van der Waals surface area contributed by atoms with Crippen molar-refractivity contribution in [2.45, 2.75) is 0 Å². The zero-order chi connectivity index (χ0) is 18.5.